The molecule has 0 radical (unpaired) electrons. The highest BCUT2D eigenvalue weighted by atomic mass is 16.3. The van der Waals surface area contributed by atoms with Crippen LogP contribution in [0.2, 0.25) is 0 Å². The summed E-state index contributed by atoms with van der Waals surface area (Å²) in [5, 5.41) is 19.2. The summed E-state index contributed by atoms with van der Waals surface area (Å²) in [5.41, 5.74) is 4.66. The highest BCUT2D eigenvalue weighted by molar-refractivity contribution is 5.65. The normalized spacial score (nSPS) is 13.3. The molecule has 0 aliphatic rings. The molecule has 2 heteroatoms. The van der Waals surface area contributed by atoms with E-state index in [4.69, 9.17) is 0 Å². The Morgan fingerprint density at radius 1 is 0.630 bits per heavy atom. The lowest BCUT2D eigenvalue weighted by atomic mass is 9.72. The number of unbranched alkanes of at least 4 members (excludes halogenated alkanes) is 2. The minimum atomic E-state index is -0.0869. The van der Waals surface area contributed by atoms with Gasteiger partial charge in [0.25, 0.3) is 0 Å². The minimum Gasteiger partial charge on any atom is -0.508 e. The van der Waals surface area contributed by atoms with Gasteiger partial charge in [0, 0.05) is 5.41 Å². The Bertz CT molecular complexity index is 848. The molecule has 0 fully saturated rings. The van der Waals surface area contributed by atoms with Crippen LogP contribution in [-0.2, 0) is 5.41 Å². The van der Waals surface area contributed by atoms with Crippen LogP contribution in [0.15, 0.2) is 72.8 Å². The Morgan fingerprint density at radius 3 is 1.52 bits per heavy atom. The second kappa shape index (κ2) is 8.30. The van der Waals surface area contributed by atoms with Crippen molar-refractivity contribution in [1.29, 1.82) is 0 Å². The van der Waals surface area contributed by atoms with Gasteiger partial charge >= 0.3 is 0 Å². The second-order valence-corrected chi connectivity index (χ2v) is 7.46. The molecular formula is C25H28O2. The standard InChI is InChI=1S/C25H28O2/c1-3-4-5-18-25(2,22-12-16-24(27)17-13-22)21-10-6-19(7-11-21)20-8-14-23(26)15-9-20/h6-17,26-27H,3-5,18H2,1-2H3. The predicted octanol–water partition coefficient (Wildman–Crippen LogP) is 6.65. The summed E-state index contributed by atoms with van der Waals surface area (Å²) in [7, 11) is 0. The molecule has 1 unspecified atom stereocenters. The molecule has 0 aliphatic heterocycles. The zero-order chi connectivity index (χ0) is 19.3. The quantitative estimate of drug-likeness (QED) is 0.463. The number of hydrogen-bond acceptors (Lipinski definition) is 2. The summed E-state index contributed by atoms with van der Waals surface area (Å²) in [6, 6.07) is 23.7. The van der Waals surface area contributed by atoms with Gasteiger partial charge in [-0.15, -0.1) is 0 Å². The van der Waals surface area contributed by atoms with Gasteiger partial charge < -0.3 is 10.2 Å². The van der Waals surface area contributed by atoms with Crippen molar-refractivity contribution in [3.8, 4) is 22.6 Å². The van der Waals surface area contributed by atoms with Crippen LogP contribution in [0.1, 0.15) is 50.7 Å². The van der Waals surface area contributed by atoms with E-state index in [1.165, 1.54) is 30.4 Å². The highest BCUT2D eigenvalue weighted by Gasteiger charge is 2.28. The average molecular weight is 360 g/mol. The summed E-state index contributed by atoms with van der Waals surface area (Å²) >= 11 is 0. The van der Waals surface area contributed by atoms with Crippen LogP contribution in [-0.4, -0.2) is 10.2 Å². The van der Waals surface area contributed by atoms with Gasteiger partial charge in [-0.2, -0.15) is 0 Å². The molecular weight excluding hydrogens is 332 g/mol. The van der Waals surface area contributed by atoms with Crippen LogP contribution in [0.3, 0.4) is 0 Å². The summed E-state index contributed by atoms with van der Waals surface area (Å²) in [6.07, 6.45) is 4.67. The SMILES string of the molecule is CCCCCC(C)(c1ccc(O)cc1)c1ccc(-c2ccc(O)cc2)cc1. The number of phenolic OH excluding ortho intramolecular Hbond substituents is 2. The topological polar surface area (TPSA) is 40.5 Å². The lowest BCUT2D eigenvalue weighted by Crippen LogP contribution is -2.23. The third-order valence-corrected chi connectivity index (χ3v) is 5.51. The maximum Gasteiger partial charge on any atom is 0.115 e. The maximum absolute atomic E-state index is 9.67. The van der Waals surface area contributed by atoms with Crippen LogP contribution < -0.4 is 0 Å². The zero-order valence-electron chi connectivity index (χ0n) is 16.2. The Labute approximate surface area is 162 Å². The van der Waals surface area contributed by atoms with Crippen molar-refractivity contribution < 1.29 is 10.2 Å². The van der Waals surface area contributed by atoms with E-state index in [0.717, 1.165) is 17.5 Å². The fourth-order valence-corrected chi connectivity index (χ4v) is 3.70. The van der Waals surface area contributed by atoms with E-state index in [1.54, 1.807) is 24.3 Å². The first-order valence-corrected chi connectivity index (χ1v) is 9.72. The van der Waals surface area contributed by atoms with Crippen molar-refractivity contribution in [2.75, 3.05) is 0 Å². The van der Waals surface area contributed by atoms with Gasteiger partial charge in [-0.1, -0.05) is 81.6 Å². The van der Waals surface area contributed by atoms with Crippen LogP contribution in [0.25, 0.3) is 11.1 Å². The van der Waals surface area contributed by atoms with Crippen molar-refractivity contribution in [2.45, 2.75) is 44.9 Å². The largest absolute Gasteiger partial charge is 0.508 e. The first-order chi connectivity index (χ1) is 13.0. The lowest BCUT2D eigenvalue weighted by molar-refractivity contribution is 0.468. The number of hydrogen-bond donors (Lipinski definition) is 2. The molecule has 0 saturated carbocycles. The second-order valence-electron chi connectivity index (χ2n) is 7.46. The summed E-state index contributed by atoms with van der Waals surface area (Å²) < 4.78 is 0. The van der Waals surface area contributed by atoms with Crippen molar-refractivity contribution in [2.24, 2.45) is 0 Å². The number of benzene rings is 3. The molecule has 1 atom stereocenters. The molecule has 0 spiro atoms. The molecule has 0 amide bonds. The molecule has 3 aromatic carbocycles. The Kier molecular flexibility index (Phi) is 5.85. The summed E-state index contributed by atoms with van der Waals surface area (Å²) in [4.78, 5) is 0. The van der Waals surface area contributed by atoms with Gasteiger partial charge in [0.15, 0.2) is 0 Å². The molecule has 0 aromatic heterocycles. The number of aromatic hydroxyl groups is 2. The van der Waals surface area contributed by atoms with Crippen molar-refractivity contribution >= 4 is 0 Å². The first kappa shape index (κ1) is 19.0. The van der Waals surface area contributed by atoms with Gasteiger partial charge in [0.2, 0.25) is 0 Å². The van der Waals surface area contributed by atoms with Crippen molar-refractivity contribution in [3.63, 3.8) is 0 Å². The summed E-state index contributed by atoms with van der Waals surface area (Å²) in [5.74, 6) is 0.587. The van der Waals surface area contributed by atoms with E-state index in [0.29, 0.717) is 5.75 Å². The van der Waals surface area contributed by atoms with Gasteiger partial charge in [-0.25, -0.2) is 0 Å². The molecule has 27 heavy (non-hydrogen) atoms. The third-order valence-electron chi connectivity index (χ3n) is 5.51. The van der Waals surface area contributed by atoms with Gasteiger partial charge in [0.05, 0.1) is 0 Å². The van der Waals surface area contributed by atoms with Crippen LogP contribution in [0.5, 0.6) is 11.5 Å². The van der Waals surface area contributed by atoms with Gasteiger partial charge in [-0.3, -0.25) is 0 Å². The molecule has 2 nitrogen and oxygen atoms in total. The molecule has 140 valence electrons. The van der Waals surface area contributed by atoms with E-state index in [1.807, 2.05) is 24.3 Å². The molecule has 0 heterocycles. The summed E-state index contributed by atoms with van der Waals surface area (Å²) in [6.45, 7) is 4.52. The zero-order valence-corrected chi connectivity index (χ0v) is 16.2. The van der Waals surface area contributed by atoms with Gasteiger partial charge in [0.1, 0.15) is 11.5 Å². The van der Waals surface area contributed by atoms with Crippen molar-refractivity contribution in [1.82, 2.24) is 0 Å². The fourth-order valence-electron chi connectivity index (χ4n) is 3.70. The number of rotatable bonds is 7. The van der Waals surface area contributed by atoms with E-state index in [2.05, 4.69) is 38.1 Å². The van der Waals surface area contributed by atoms with Gasteiger partial charge in [-0.05, 0) is 52.9 Å². The molecule has 3 rings (SSSR count). The van der Waals surface area contributed by atoms with Crippen LogP contribution in [0.4, 0.5) is 0 Å². The molecule has 0 bridgehead atoms. The Hall–Kier alpha value is -2.74. The van der Waals surface area contributed by atoms with E-state index < -0.39 is 0 Å². The van der Waals surface area contributed by atoms with E-state index in [-0.39, 0.29) is 11.2 Å². The molecule has 0 saturated heterocycles. The third kappa shape index (κ3) is 4.33. The first-order valence-electron chi connectivity index (χ1n) is 9.72. The van der Waals surface area contributed by atoms with Crippen molar-refractivity contribution in [3.05, 3.63) is 83.9 Å². The molecule has 2 N–H and O–H groups in total. The van der Waals surface area contributed by atoms with E-state index >= 15 is 0 Å². The molecule has 3 aromatic rings. The average Bonchev–Trinajstić information content (AvgIpc) is 2.69. The molecule has 0 aliphatic carbocycles. The lowest BCUT2D eigenvalue weighted by Gasteiger charge is -2.31. The Balaban J connectivity index is 1.93. The smallest absolute Gasteiger partial charge is 0.115 e. The highest BCUT2D eigenvalue weighted by Crippen LogP contribution is 2.38. The Morgan fingerprint density at radius 2 is 1.04 bits per heavy atom. The minimum absolute atomic E-state index is 0.0869. The predicted molar refractivity (Wildman–Crippen MR) is 112 cm³/mol. The van der Waals surface area contributed by atoms with Crippen LogP contribution in [0, 0.1) is 0 Å². The maximum atomic E-state index is 9.67. The number of phenols is 2. The monoisotopic (exact) mass is 360 g/mol. The van der Waals surface area contributed by atoms with Crippen LogP contribution >= 0.6 is 0 Å². The van der Waals surface area contributed by atoms with E-state index in [9.17, 15) is 10.2 Å². The fraction of sp³-hybridized carbons (Fsp3) is 0.280.